The Morgan fingerprint density at radius 1 is 1.12 bits per heavy atom. The second-order valence-electron chi connectivity index (χ2n) is 4.39. The SMILES string of the molecule is Fc1cc(F)cc(OCCCCNC2CC2)c1. The summed E-state index contributed by atoms with van der Waals surface area (Å²) in [6.07, 6.45) is 4.49. The molecule has 0 aromatic heterocycles. The smallest absolute Gasteiger partial charge is 0.129 e. The monoisotopic (exact) mass is 241 g/mol. The summed E-state index contributed by atoms with van der Waals surface area (Å²) in [4.78, 5) is 0. The Bertz CT molecular complexity index is 346. The van der Waals surface area contributed by atoms with Crippen molar-refractivity contribution in [1.82, 2.24) is 5.32 Å². The third kappa shape index (κ3) is 4.69. The van der Waals surface area contributed by atoms with Gasteiger partial charge in [0.2, 0.25) is 0 Å². The molecule has 1 N–H and O–H groups in total. The summed E-state index contributed by atoms with van der Waals surface area (Å²) >= 11 is 0. The van der Waals surface area contributed by atoms with E-state index in [1.165, 1.54) is 25.0 Å². The number of ether oxygens (including phenoxy) is 1. The summed E-state index contributed by atoms with van der Waals surface area (Å²) in [6, 6.07) is 3.97. The van der Waals surface area contributed by atoms with Gasteiger partial charge in [-0.1, -0.05) is 0 Å². The number of benzene rings is 1. The van der Waals surface area contributed by atoms with Gasteiger partial charge < -0.3 is 10.1 Å². The van der Waals surface area contributed by atoms with Gasteiger partial charge in [-0.3, -0.25) is 0 Å². The number of hydrogen-bond acceptors (Lipinski definition) is 2. The lowest BCUT2D eigenvalue weighted by Crippen LogP contribution is -2.17. The van der Waals surface area contributed by atoms with Gasteiger partial charge in [0.15, 0.2) is 0 Å². The lowest BCUT2D eigenvalue weighted by molar-refractivity contribution is 0.302. The molecule has 17 heavy (non-hydrogen) atoms. The zero-order chi connectivity index (χ0) is 12.1. The number of nitrogens with one attached hydrogen (secondary N) is 1. The topological polar surface area (TPSA) is 21.3 Å². The first-order valence-corrected chi connectivity index (χ1v) is 6.06. The molecule has 0 aliphatic heterocycles. The minimum absolute atomic E-state index is 0.262. The molecule has 2 rings (SSSR count). The summed E-state index contributed by atoms with van der Waals surface area (Å²) in [7, 11) is 0. The second kappa shape index (κ2) is 5.96. The summed E-state index contributed by atoms with van der Waals surface area (Å²) < 4.78 is 30.9. The van der Waals surface area contributed by atoms with Gasteiger partial charge in [-0.2, -0.15) is 0 Å². The largest absolute Gasteiger partial charge is 0.493 e. The maximum atomic E-state index is 12.8. The van der Waals surface area contributed by atoms with Gasteiger partial charge in [-0.05, 0) is 32.2 Å². The maximum Gasteiger partial charge on any atom is 0.129 e. The minimum atomic E-state index is -0.601. The predicted octanol–water partition coefficient (Wildman–Crippen LogP) is 2.88. The molecule has 0 bridgehead atoms. The van der Waals surface area contributed by atoms with Crippen molar-refractivity contribution in [2.24, 2.45) is 0 Å². The van der Waals surface area contributed by atoms with E-state index in [4.69, 9.17) is 4.74 Å². The van der Waals surface area contributed by atoms with Gasteiger partial charge in [0.1, 0.15) is 17.4 Å². The summed E-state index contributed by atoms with van der Waals surface area (Å²) in [5.41, 5.74) is 0. The quantitative estimate of drug-likeness (QED) is 0.741. The number of unbranched alkanes of at least 4 members (excludes halogenated alkanes) is 1. The fourth-order valence-corrected chi connectivity index (χ4v) is 1.62. The van der Waals surface area contributed by atoms with Gasteiger partial charge in [0.25, 0.3) is 0 Å². The van der Waals surface area contributed by atoms with Crippen molar-refractivity contribution in [1.29, 1.82) is 0 Å². The number of halogens is 2. The lowest BCUT2D eigenvalue weighted by Gasteiger charge is -2.06. The zero-order valence-electron chi connectivity index (χ0n) is 9.72. The van der Waals surface area contributed by atoms with E-state index < -0.39 is 11.6 Å². The van der Waals surface area contributed by atoms with E-state index in [0.717, 1.165) is 31.5 Å². The molecule has 0 amide bonds. The van der Waals surface area contributed by atoms with E-state index in [1.54, 1.807) is 0 Å². The molecule has 0 radical (unpaired) electrons. The molecule has 94 valence electrons. The third-order valence-corrected chi connectivity index (χ3v) is 2.69. The maximum absolute atomic E-state index is 12.8. The van der Waals surface area contributed by atoms with E-state index in [0.29, 0.717) is 6.61 Å². The molecule has 0 heterocycles. The van der Waals surface area contributed by atoms with Crippen molar-refractivity contribution in [2.45, 2.75) is 31.7 Å². The Kier molecular flexibility index (Phi) is 4.31. The average molecular weight is 241 g/mol. The van der Waals surface area contributed by atoms with Crippen molar-refractivity contribution < 1.29 is 13.5 Å². The van der Waals surface area contributed by atoms with E-state index in [1.807, 2.05) is 0 Å². The molecule has 0 spiro atoms. The van der Waals surface area contributed by atoms with Gasteiger partial charge in [-0.15, -0.1) is 0 Å². The average Bonchev–Trinajstić information content (AvgIpc) is 3.05. The van der Waals surface area contributed by atoms with E-state index in [-0.39, 0.29) is 5.75 Å². The van der Waals surface area contributed by atoms with Crippen LogP contribution in [-0.4, -0.2) is 19.2 Å². The molecule has 1 saturated carbocycles. The Hall–Kier alpha value is -1.16. The Morgan fingerprint density at radius 2 is 1.82 bits per heavy atom. The molecule has 0 unspecified atom stereocenters. The van der Waals surface area contributed by atoms with Gasteiger partial charge in [-0.25, -0.2) is 8.78 Å². The Labute approximate surface area is 100.0 Å². The standard InChI is InChI=1S/C13H17F2NO/c14-10-7-11(15)9-13(8-10)17-6-2-1-5-16-12-3-4-12/h7-9,12,16H,1-6H2. The van der Waals surface area contributed by atoms with Crippen LogP contribution in [0.1, 0.15) is 25.7 Å². The van der Waals surface area contributed by atoms with Gasteiger partial charge in [0.05, 0.1) is 6.61 Å². The first-order chi connectivity index (χ1) is 8.24. The highest BCUT2D eigenvalue weighted by molar-refractivity contribution is 5.23. The fraction of sp³-hybridized carbons (Fsp3) is 0.538. The van der Waals surface area contributed by atoms with Gasteiger partial charge in [0, 0.05) is 24.2 Å². The van der Waals surface area contributed by atoms with Crippen molar-refractivity contribution in [3.05, 3.63) is 29.8 Å². The third-order valence-electron chi connectivity index (χ3n) is 2.69. The van der Waals surface area contributed by atoms with Crippen molar-refractivity contribution in [3.8, 4) is 5.75 Å². The van der Waals surface area contributed by atoms with Gasteiger partial charge >= 0.3 is 0 Å². The van der Waals surface area contributed by atoms with Crippen molar-refractivity contribution >= 4 is 0 Å². The van der Waals surface area contributed by atoms with E-state index >= 15 is 0 Å². The van der Waals surface area contributed by atoms with Crippen LogP contribution >= 0.6 is 0 Å². The van der Waals surface area contributed by atoms with Crippen LogP contribution < -0.4 is 10.1 Å². The Balaban J connectivity index is 1.59. The number of rotatable bonds is 7. The molecule has 2 nitrogen and oxygen atoms in total. The van der Waals surface area contributed by atoms with Crippen LogP contribution in [0.2, 0.25) is 0 Å². The number of hydrogen-bond donors (Lipinski definition) is 1. The molecule has 4 heteroatoms. The molecule has 1 aromatic carbocycles. The fourth-order valence-electron chi connectivity index (χ4n) is 1.62. The van der Waals surface area contributed by atoms with Crippen LogP contribution in [0.5, 0.6) is 5.75 Å². The molecule has 1 fully saturated rings. The van der Waals surface area contributed by atoms with Crippen LogP contribution in [0.3, 0.4) is 0 Å². The summed E-state index contributed by atoms with van der Waals surface area (Å²) in [5.74, 6) is -0.941. The highest BCUT2D eigenvalue weighted by atomic mass is 19.1. The molecule has 1 aliphatic carbocycles. The molecular formula is C13H17F2NO. The van der Waals surface area contributed by atoms with Crippen molar-refractivity contribution in [2.75, 3.05) is 13.2 Å². The summed E-state index contributed by atoms with van der Waals surface area (Å²) in [6.45, 7) is 1.49. The molecule has 1 aliphatic rings. The second-order valence-corrected chi connectivity index (χ2v) is 4.39. The molecular weight excluding hydrogens is 224 g/mol. The van der Waals surface area contributed by atoms with Crippen LogP contribution in [0.15, 0.2) is 18.2 Å². The van der Waals surface area contributed by atoms with Crippen LogP contribution in [-0.2, 0) is 0 Å². The minimum Gasteiger partial charge on any atom is -0.493 e. The first kappa shape index (κ1) is 12.3. The molecule has 0 saturated heterocycles. The highest BCUT2D eigenvalue weighted by Crippen LogP contribution is 2.18. The van der Waals surface area contributed by atoms with Crippen molar-refractivity contribution in [3.63, 3.8) is 0 Å². The van der Waals surface area contributed by atoms with Crippen LogP contribution in [0.4, 0.5) is 8.78 Å². The molecule has 0 atom stereocenters. The normalized spacial score (nSPS) is 14.9. The van der Waals surface area contributed by atoms with Crippen LogP contribution in [0, 0.1) is 11.6 Å². The first-order valence-electron chi connectivity index (χ1n) is 6.06. The zero-order valence-corrected chi connectivity index (χ0v) is 9.72. The van der Waals surface area contributed by atoms with E-state index in [9.17, 15) is 8.78 Å². The Morgan fingerprint density at radius 3 is 2.47 bits per heavy atom. The summed E-state index contributed by atoms with van der Waals surface area (Å²) in [5, 5.41) is 3.40. The molecule has 1 aromatic rings. The highest BCUT2D eigenvalue weighted by Gasteiger charge is 2.19. The van der Waals surface area contributed by atoms with Crippen LogP contribution in [0.25, 0.3) is 0 Å². The lowest BCUT2D eigenvalue weighted by atomic mass is 10.3. The van der Waals surface area contributed by atoms with E-state index in [2.05, 4.69) is 5.32 Å². The predicted molar refractivity (Wildman–Crippen MR) is 62.1 cm³/mol.